The van der Waals surface area contributed by atoms with Crippen LogP contribution < -0.4 is 4.46 Å². The fourth-order valence-corrected chi connectivity index (χ4v) is 6.17. The molecule has 0 radical (unpaired) electrons. The third-order valence-electron chi connectivity index (χ3n) is 5.51. The number of methoxy groups -OCH3 is 1. The Labute approximate surface area is 193 Å². The summed E-state index contributed by atoms with van der Waals surface area (Å²) in [5.74, 6) is -1.29. The quantitative estimate of drug-likeness (QED) is 0.396. The second kappa shape index (κ2) is 10.0. The third-order valence-corrected chi connectivity index (χ3v) is 8.00. The molecule has 1 aromatic heterocycles. The molecule has 2 aromatic carbocycles. The summed E-state index contributed by atoms with van der Waals surface area (Å²) in [6.07, 6.45) is -0.830. The van der Waals surface area contributed by atoms with Crippen LogP contribution in [0.3, 0.4) is 0 Å². The number of rotatable bonds is 7. The van der Waals surface area contributed by atoms with E-state index in [1.165, 1.54) is 11.6 Å². The maximum atomic E-state index is 12.8. The van der Waals surface area contributed by atoms with Crippen molar-refractivity contribution in [3.63, 3.8) is 0 Å². The molecule has 7 heteroatoms. The molecule has 0 spiro atoms. The Morgan fingerprint density at radius 3 is 2.41 bits per heavy atom. The number of carbonyl (C=O) groups excluding carboxylic acids is 1. The molecule has 5 atom stereocenters. The Morgan fingerprint density at radius 2 is 1.78 bits per heavy atom. The van der Waals surface area contributed by atoms with Gasteiger partial charge in [-0.05, 0) is 0 Å². The number of aliphatic hydroxyl groups is 1. The van der Waals surface area contributed by atoms with Gasteiger partial charge in [0.25, 0.3) is 0 Å². The van der Waals surface area contributed by atoms with E-state index >= 15 is 0 Å². The van der Waals surface area contributed by atoms with E-state index in [-0.39, 0.29) is 26.2 Å². The van der Waals surface area contributed by atoms with E-state index in [1.807, 2.05) is 31.2 Å². The monoisotopic (exact) mass is 502 g/mol. The van der Waals surface area contributed by atoms with Gasteiger partial charge in [0.1, 0.15) is 0 Å². The van der Waals surface area contributed by atoms with E-state index in [4.69, 9.17) is 18.6 Å². The van der Waals surface area contributed by atoms with Crippen molar-refractivity contribution in [3.8, 4) is 0 Å². The molecule has 0 amide bonds. The van der Waals surface area contributed by atoms with Crippen LogP contribution in [-0.2, 0) is 20.0 Å². The molecule has 32 heavy (non-hydrogen) atoms. The fraction of sp³-hybridized carbons (Fsp3) is 0.320. The van der Waals surface area contributed by atoms with Gasteiger partial charge in [0.2, 0.25) is 0 Å². The summed E-state index contributed by atoms with van der Waals surface area (Å²) >= 11 is 0.00301. The topological polar surface area (TPSA) is 78.1 Å². The third kappa shape index (κ3) is 4.82. The van der Waals surface area contributed by atoms with Crippen LogP contribution in [0.2, 0.25) is 4.82 Å². The van der Waals surface area contributed by atoms with Gasteiger partial charge in [-0.1, -0.05) is 0 Å². The first-order chi connectivity index (χ1) is 15.5. The average Bonchev–Trinajstić information content (AvgIpc) is 3.37. The minimum absolute atomic E-state index is 0.00301. The van der Waals surface area contributed by atoms with Crippen LogP contribution in [0.1, 0.15) is 29.5 Å². The first-order valence-electron chi connectivity index (χ1n) is 10.4. The minimum atomic E-state index is -1.26. The number of aliphatic hydroxyl groups excluding tert-OH is 1. The Bertz CT molecular complexity index is 994. The predicted octanol–water partition coefficient (Wildman–Crippen LogP) is 3.29. The van der Waals surface area contributed by atoms with Crippen molar-refractivity contribution in [3.05, 3.63) is 90.4 Å². The molecule has 1 saturated heterocycles. The van der Waals surface area contributed by atoms with Gasteiger partial charge in [0, 0.05) is 0 Å². The van der Waals surface area contributed by atoms with Crippen molar-refractivity contribution in [1.82, 2.24) is 0 Å². The molecule has 1 N–H and O–H groups in total. The van der Waals surface area contributed by atoms with E-state index in [9.17, 15) is 9.90 Å². The molecule has 1 aliphatic heterocycles. The predicted molar refractivity (Wildman–Crippen MR) is 120 cm³/mol. The molecule has 4 rings (SSSR count). The molecular formula is C25H26O6Se. The molecule has 6 nitrogen and oxygen atoms in total. The van der Waals surface area contributed by atoms with Crippen molar-refractivity contribution in [2.75, 3.05) is 7.11 Å². The Morgan fingerprint density at radius 1 is 1.09 bits per heavy atom. The van der Waals surface area contributed by atoms with Gasteiger partial charge in [-0.2, -0.15) is 0 Å². The van der Waals surface area contributed by atoms with Gasteiger partial charge >= 0.3 is 194 Å². The number of hydrogen-bond acceptors (Lipinski definition) is 6. The summed E-state index contributed by atoms with van der Waals surface area (Å²) in [6.45, 7) is 2.04. The van der Waals surface area contributed by atoms with Gasteiger partial charge in [0.15, 0.2) is 0 Å². The standard InChI is InChI=1S/C25H26O6Se/c1-17(32-19-12-7-4-8-13-19)22-23(30-24(27)18-10-5-3-6-11-18)20(26)16-25(28-2,31-22)21-14-9-15-29-21/h3-15,17,20,22-23,26H,16H2,1-2H3/t17-,20-,22?,23-,25-/m0/s1. The summed E-state index contributed by atoms with van der Waals surface area (Å²) < 4.78 is 24.8. The zero-order valence-electron chi connectivity index (χ0n) is 17.9. The van der Waals surface area contributed by atoms with Crippen molar-refractivity contribution in [1.29, 1.82) is 0 Å². The number of esters is 1. The van der Waals surface area contributed by atoms with Gasteiger partial charge in [0.05, 0.1) is 0 Å². The normalized spacial score (nSPS) is 26.4. The van der Waals surface area contributed by atoms with Crippen molar-refractivity contribution in [2.24, 2.45) is 0 Å². The molecule has 3 aromatic rings. The first-order valence-corrected chi connectivity index (χ1v) is 12.3. The average molecular weight is 501 g/mol. The Hall–Kier alpha value is -2.41. The van der Waals surface area contributed by atoms with E-state index in [2.05, 4.69) is 12.1 Å². The molecule has 1 aliphatic rings. The Balaban J connectivity index is 1.63. The zero-order valence-corrected chi connectivity index (χ0v) is 19.6. The SMILES string of the molecule is CO[C@@]1(c2ccco2)C[C@H](O)[C@H](OC(=O)c2ccccc2)C([C@H](C)[Se]c2ccccc2)O1. The van der Waals surface area contributed by atoms with E-state index < -0.39 is 30.1 Å². The second-order valence-electron chi connectivity index (χ2n) is 7.66. The van der Waals surface area contributed by atoms with Crippen LogP contribution in [0.25, 0.3) is 0 Å². The summed E-state index contributed by atoms with van der Waals surface area (Å²) in [5.41, 5.74) is 0.425. The van der Waals surface area contributed by atoms with Crippen LogP contribution in [0.4, 0.5) is 0 Å². The van der Waals surface area contributed by atoms with Crippen molar-refractivity contribution in [2.45, 2.75) is 42.3 Å². The number of carbonyl (C=O) groups is 1. The molecular weight excluding hydrogens is 475 g/mol. The number of benzene rings is 2. The van der Waals surface area contributed by atoms with Crippen molar-refractivity contribution >= 4 is 25.4 Å². The van der Waals surface area contributed by atoms with Gasteiger partial charge in [-0.15, -0.1) is 0 Å². The van der Waals surface area contributed by atoms with Crippen LogP contribution in [0.5, 0.6) is 0 Å². The number of hydrogen-bond donors (Lipinski definition) is 1. The van der Waals surface area contributed by atoms with Crippen molar-refractivity contribution < 1.29 is 28.5 Å². The number of furan rings is 1. The van der Waals surface area contributed by atoms with Crippen LogP contribution in [0, 0.1) is 0 Å². The maximum absolute atomic E-state index is 12.8. The van der Waals surface area contributed by atoms with Crippen LogP contribution >= 0.6 is 0 Å². The molecule has 0 bridgehead atoms. The molecule has 2 heterocycles. The number of ether oxygens (including phenoxy) is 3. The van der Waals surface area contributed by atoms with E-state index in [0.29, 0.717) is 11.3 Å². The fourth-order valence-electron chi connectivity index (χ4n) is 3.89. The van der Waals surface area contributed by atoms with Gasteiger partial charge in [-0.25, -0.2) is 0 Å². The summed E-state index contributed by atoms with van der Waals surface area (Å²) in [6, 6.07) is 22.4. The summed E-state index contributed by atoms with van der Waals surface area (Å²) in [5, 5.41) is 11.1. The molecule has 1 unspecified atom stereocenters. The summed E-state index contributed by atoms with van der Waals surface area (Å²) in [7, 11) is 1.52. The van der Waals surface area contributed by atoms with Gasteiger partial charge < -0.3 is 0 Å². The second-order valence-corrected chi connectivity index (χ2v) is 10.7. The molecule has 0 aliphatic carbocycles. The summed E-state index contributed by atoms with van der Waals surface area (Å²) in [4.78, 5) is 12.8. The molecule has 168 valence electrons. The molecule has 1 fully saturated rings. The van der Waals surface area contributed by atoms with E-state index in [1.54, 1.807) is 42.7 Å². The first kappa shape index (κ1) is 22.8. The molecule has 0 saturated carbocycles. The van der Waals surface area contributed by atoms with E-state index in [0.717, 1.165) is 0 Å². The van der Waals surface area contributed by atoms with Crippen LogP contribution in [0.15, 0.2) is 83.5 Å². The van der Waals surface area contributed by atoms with Gasteiger partial charge in [-0.3, -0.25) is 0 Å². The van der Waals surface area contributed by atoms with Crippen LogP contribution in [-0.4, -0.2) is 51.5 Å². The Kier molecular flexibility index (Phi) is 7.13. The zero-order chi connectivity index (χ0) is 22.6.